The maximum atomic E-state index is 6.15. The molecule has 122 valence electrons. The summed E-state index contributed by atoms with van der Waals surface area (Å²) in [4.78, 5) is 4.19. The summed E-state index contributed by atoms with van der Waals surface area (Å²) in [5.74, 6) is 0.761. The molecule has 0 radical (unpaired) electrons. The molecule has 0 atom stereocenters. The van der Waals surface area contributed by atoms with Gasteiger partial charge in [-0.15, -0.1) is 0 Å². The number of pyridine rings is 1. The molecule has 0 bridgehead atoms. The normalized spacial score (nSPS) is 10.6. The monoisotopic (exact) mass is 359 g/mol. The Morgan fingerprint density at radius 3 is 2.33 bits per heavy atom. The first kappa shape index (κ1) is 16.4. The standard InChI is InChI=1S/C18H15Cl2N3O/c19-15-5-2-6-16(20)14(15)10-24-17-8-12(9-23-18(17)22)11-3-1-4-13(21)7-11/h1-9H,10,21H2,(H2,22,23). The number of nitrogens with two attached hydrogens (primary N) is 2. The van der Waals surface area contributed by atoms with Crippen LogP contribution in [0.1, 0.15) is 5.56 Å². The number of aromatic nitrogens is 1. The highest BCUT2D eigenvalue weighted by atomic mass is 35.5. The van der Waals surface area contributed by atoms with Crippen molar-refractivity contribution in [2.45, 2.75) is 6.61 Å². The summed E-state index contributed by atoms with van der Waals surface area (Å²) in [7, 11) is 0. The fourth-order valence-electron chi connectivity index (χ4n) is 2.27. The number of hydrogen-bond acceptors (Lipinski definition) is 4. The number of rotatable bonds is 4. The number of ether oxygens (including phenoxy) is 1. The summed E-state index contributed by atoms with van der Waals surface area (Å²) in [6, 6.07) is 14.6. The van der Waals surface area contributed by atoms with Crippen LogP contribution in [0.5, 0.6) is 5.75 Å². The van der Waals surface area contributed by atoms with Gasteiger partial charge in [0.1, 0.15) is 6.61 Å². The van der Waals surface area contributed by atoms with E-state index in [9.17, 15) is 0 Å². The summed E-state index contributed by atoms with van der Waals surface area (Å²) < 4.78 is 5.79. The summed E-state index contributed by atoms with van der Waals surface area (Å²) in [5, 5.41) is 1.09. The van der Waals surface area contributed by atoms with E-state index in [1.165, 1.54) is 0 Å². The lowest BCUT2D eigenvalue weighted by Crippen LogP contribution is -2.02. The summed E-state index contributed by atoms with van der Waals surface area (Å²) in [6.45, 7) is 0.199. The summed E-state index contributed by atoms with van der Waals surface area (Å²) in [5.41, 5.74) is 14.9. The van der Waals surface area contributed by atoms with Gasteiger partial charge in [-0.2, -0.15) is 0 Å². The zero-order valence-electron chi connectivity index (χ0n) is 12.7. The molecule has 3 aromatic rings. The van der Waals surface area contributed by atoms with E-state index in [2.05, 4.69) is 4.98 Å². The average molecular weight is 360 g/mol. The van der Waals surface area contributed by atoms with Crippen LogP contribution in [-0.2, 0) is 6.61 Å². The minimum absolute atomic E-state index is 0.199. The third-order valence-electron chi connectivity index (χ3n) is 3.54. The molecule has 24 heavy (non-hydrogen) atoms. The van der Waals surface area contributed by atoms with Crippen molar-refractivity contribution in [1.82, 2.24) is 4.98 Å². The number of benzene rings is 2. The maximum absolute atomic E-state index is 6.15. The van der Waals surface area contributed by atoms with Crippen molar-refractivity contribution < 1.29 is 4.74 Å². The molecule has 1 aromatic heterocycles. The van der Waals surface area contributed by atoms with Crippen LogP contribution >= 0.6 is 23.2 Å². The number of hydrogen-bond donors (Lipinski definition) is 2. The number of anilines is 2. The van der Waals surface area contributed by atoms with Gasteiger partial charge in [0.05, 0.1) is 0 Å². The van der Waals surface area contributed by atoms with Gasteiger partial charge in [-0.05, 0) is 35.9 Å². The van der Waals surface area contributed by atoms with Gasteiger partial charge >= 0.3 is 0 Å². The number of nitrogens with zero attached hydrogens (tertiary/aromatic N) is 1. The predicted molar refractivity (Wildman–Crippen MR) is 99.3 cm³/mol. The predicted octanol–water partition coefficient (Wildman–Crippen LogP) is 4.80. The lowest BCUT2D eigenvalue weighted by atomic mass is 10.1. The zero-order chi connectivity index (χ0) is 17.1. The number of halogens is 2. The van der Waals surface area contributed by atoms with Crippen LogP contribution in [0, 0.1) is 0 Å². The third-order valence-corrected chi connectivity index (χ3v) is 4.24. The maximum Gasteiger partial charge on any atom is 0.166 e. The van der Waals surface area contributed by atoms with E-state index < -0.39 is 0 Å². The van der Waals surface area contributed by atoms with Crippen molar-refractivity contribution in [2.24, 2.45) is 0 Å². The van der Waals surface area contributed by atoms with Crippen LogP contribution in [0.4, 0.5) is 11.5 Å². The summed E-state index contributed by atoms with van der Waals surface area (Å²) in [6.07, 6.45) is 1.68. The molecule has 0 unspecified atom stereocenters. The summed E-state index contributed by atoms with van der Waals surface area (Å²) >= 11 is 12.3. The lowest BCUT2D eigenvalue weighted by molar-refractivity contribution is 0.307. The molecule has 0 aliphatic carbocycles. The van der Waals surface area contributed by atoms with Crippen LogP contribution in [-0.4, -0.2) is 4.98 Å². The van der Waals surface area contributed by atoms with E-state index in [4.69, 9.17) is 39.4 Å². The Kier molecular flexibility index (Phi) is 4.79. The Morgan fingerprint density at radius 2 is 1.62 bits per heavy atom. The van der Waals surface area contributed by atoms with Crippen molar-refractivity contribution in [3.05, 3.63) is 70.3 Å². The Balaban J connectivity index is 1.87. The van der Waals surface area contributed by atoms with Gasteiger partial charge in [0.15, 0.2) is 11.6 Å². The molecule has 2 aromatic carbocycles. The Morgan fingerprint density at radius 1 is 0.917 bits per heavy atom. The molecule has 0 spiro atoms. The molecule has 3 rings (SSSR count). The minimum Gasteiger partial charge on any atom is -0.485 e. The van der Waals surface area contributed by atoms with Crippen LogP contribution in [0.3, 0.4) is 0 Å². The van der Waals surface area contributed by atoms with E-state index >= 15 is 0 Å². The van der Waals surface area contributed by atoms with E-state index in [-0.39, 0.29) is 6.61 Å². The van der Waals surface area contributed by atoms with Crippen LogP contribution < -0.4 is 16.2 Å². The minimum atomic E-state index is 0.199. The first-order valence-electron chi connectivity index (χ1n) is 7.21. The highest BCUT2D eigenvalue weighted by molar-refractivity contribution is 6.35. The highest BCUT2D eigenvalue weighted by Gasteiger charge is 2.10. The fourth-order valence-corrected chi connectivity index (χ4v) is 2.77. The molecular formula is C18H15Cl2N3O. The van der Waals surface area contributed by atoms with Gasteiger partial charge in [0.2, 0.25) is 0 Å². The second-order valence-electron chi connectivity index (χ2n) is 5.22. The van der Waals surface area contributed by atoms with Gasteiger partial charge in [-0.1, -0.05) is 41.4 Å². The topological polar surface area (TPSA) is 74.2 Å². The molecule has 1 heterocycles. The van der Waals surface area contributed by atoms with E-state index in [1.54, 1.807) is 24.4 Å². The van der Waals surface area contributed by atoms with Gasteiger partial charge in [0.25, 0.3) is 0 Å². The SMILES string of the molecule is Nc1cccc(-c2cnc(N)c(OCc3c(Cl)cccc3Cl)c2)c1. The van der Waals surface area contributed by atoms with Crippen LogP contribution in [0.2, 0.25) is 10.0 Å². The van der Waals surface area contributed by atoms with Gasteiger partial charge < -0.3 is 16.2 Å². The van der Waals surface area contributed by atoms with Crippen molar-refractivity contribution in [1.29, 1.82) is 0 Å². The van der Waals surface area contributed by atoms with Crippen molar-refractivity contribution in [3.63, 3.8) is 0 Å². The van der Waals surface area contributed by atoms with Crippen molar-refractivity contribution in [2.75, 3.05) is 11.5 Å². The molecule has 0 fully saturated rings. The third kappa shape index (κ3) is 3.55. The van der Waals surface area contributed by atoms with Crippen molar-refractivity contribution >= 4 is 34.7 Å². The molecule has 4 N–H and O–H groups in total. The fraction of sp³-hybridized carbons (Fsp3) is 0.0556. The number of nitrogen functional groups attached to an aromatic ring is 2. The van der Waals surface area contributed by atoms with Gasteiger partial charge in [0, 0.05) is 33.1 Å². The first-order chi connectivity index (χ1) is 11.5. The first-order valence-corrected chi connectivity index (χ1v) is 7.97. The van der Waals surface area contributed by atoms with Crippen molar-refractivity contribution in [3.8, 4) is 16.9 Å². The average Bonchev–Trinajstić information content (AvgIpc) is 2.56. The second kappa shape index (κ2) is 6.99. The Bertz CT molecular complexity index is 864. The quantitative estimate of drug-likeness (QED) is 0.656. The van der Waals surface area contributed by atoms with E-state index in [1.807, 2.05) is 30.3 Å². The van der Waals surface area contributed by atoms with Crippen LogP contribution in [0.25, 0.3) is 11.1 Å². The van der Waals surface area contributed by atoms with E-state index in [0.717, 1.165) is 11.1 Å². The largest absolute Gasteiger partial charge is 0.485 e. The van der Waals surface area contributed by atoms with Gasteiger partial charge in [-0.3, -0.25) is 0 Å². The molecule has 4 nitrogen and oxygen atoms in total. The lowest BCUT2D eigenvalue weighted by Gasteiger charge is -2.12. The highest BCUT2D eigenvalue weighted by Crippen LogP contribution is 2.30. The molecular weight excluding hydrogens is 345 g/mol. The molecule has 0 saturated heterocycles. The Labute approximate surface area is 150 Å². The Hall–Kier alpha value is -2.43. The molecule has 0 aliphatic heterocycles. The molecule has 0 amide bonds. The smallest absolute Gasteiger partial charge is 0.166 e. The van der Waals surface area contributed by atoms with E-state index in [0.29, 0.717) is 32.9 Å². The zero-order valence-corrected chi connectivity index (χ0v) is 14.2. The molecule has 6 heteroatoms. The van der Waals surface area contributed by atoms with Gasteiger partial charge in [-0.25, -0.2) is 4.98 Å². The molecule has 0 saturated carbocycles. The second-order valence-corrected chi connectivity index (χ2v) is 6.04. The molecule has 0 aliphatic rings. The van der Waals surface area contributed by atoms with Crippen LogP contribution in [0.15, 0.2) is 54.7 Å².